The summed E-state index contributed by atoms with van der Waals surface area (Å²) in [6.45, 7) is 0.522. The number of hydrogen-bond donors (Lipinski definition) is 2. The van der Waals surface area contributed by atoms with E-state index in [0.29, 0.717) is 29.4 Å². The average Bonchev–Trinajstić information content (AvgIpc) is 2.34. The minimum atomic E-state index is -0.210. The summed E-state index contributed by atoms with van der Waals surface area (Å²) in [5, 5.41) is 2.75. The molecule has 0 aliphatic heterocycles. The van der Waals surface area contributed by atoms with Crippen LogP contribution in [0, 0.1) is 0 Å². The van der Waals surface area contributed by atoms with E-state index >= 15 is 0 Å². The Labute approximate surface area is 105 Å². The predicted octanol–water partition coefficient (Wildman–Crippen LogP) is 0.886. The fraction of sp³-hybridized carbons (Fsp3) is 0.364. The van der Waals surface area contributed by atoms with Crippen LogP contribution in [0.4, 0.5) is 0 Å². The number of nitrogens with two attached hydrogens (primary N) is 1. The minimum Gasteiger partial charge on any atom is -0.480 e. The molecule has 1 aromatic rings. The number of pyridine rings is 1. The number of hydrogen-bond acceptors (Lipinski definition) is 4. The molecule has 1 aromatic heterocycles. The number of carbonyl (C=O) groups excluding carboxylic acids is 1. The number of ether oxygens (including phenoxy) is 1. The Bertz CT molecular complexity index is 409. The van der Waals surface area contributed by atoms with Crippen molar-refractivity contribution in [1.82, 2.24) is 10.3 Å². The van der Waals surface area contributed by atoms with Crippen molar-refractivity contribution in [3.63, 3.8) is 0 Å². The molecule has 17 heavy (non-hydrogen) atoms. The highest BCUT2D eigenvalue weighted by Gasteiger charge is 2.11. The molecule has 0 aliphatic carbocycles. The first-order valence-corrected chi connectivity index (χ1v) is 5.61. The van der Waals surface area contributed by atoms with Crippen LogP contribution in [-0.4, -0.2) is 29.5 Å². The summed E-state index contributed by atoms with van der Waals surface area (Å²) >= 11 is 4.74. The molecule has 1 amide bonds. The molecule has 92 valence electrons. The molecule has 0 saturated heterocycles. The Morgan fingerprint density at radius 2 is 2.41 bits per heavy atom. The Kier molecular flexibility index (Phi) is 5.35. The number of thiocarbonyl (C=S) groups is 1. The van der Waals surface area contributed by atoms with E-state index in [1.165, 1.54) is 7.11 Å². The lowest BCUT2D eigenvalue weighted by Gasteiger charge is -2.07. The lowest BCUT2D eigenvalue weighted by Crippen LogP contribution is -2.26. The molecule has 0 aromatic carbocycles. The van der Waals surface area contributed by atoms with Gasteiger partial charge in [-0.1, -0.05) is 12.2 Å². The van der Waals surface area contributed by atoms with Crippen LogP contribution in [0.25, 0.3) is 0 Å². The zero-order valence-corrected chi connectivity index (χ0v) is 10.4. The van der Waals surface area contributed by atoms with Gasteiger partial charge in [-0.25, -0.2) is 4.98 Å². The molecular formula is C11H15N3O2S. The smallest absolute Gasteiger partial charge is 0.256 e. The molecule has 1 heterocycles. The first-order valence-electron chi connectivity index (χ1n) is 5.20. The molecule has 0 saturated carbocycles. The first-order chi connectivity index (χ1) is 8.15. The van der Waals surface area contributed by atoms with Crippen LogP contribution >= 0.6 is 12.2 Å². The summed E-state index contributed by atoms with van der Waals surface area (Å²) in [7, 11) is 1.48. The largest absolute Gasteiger partial charge is 0.480 e. The summed E-state index contributed by atoms with van der Waals surface area (Å²) < 4.78 is 5.00. The second kappa shape index (κ2) is 6.80. The van der Waals surface area contributed by atoms with Crippen molar-refractivity contribution in [3.05, 3.63) is 23.9 Å². The van der Waals surface area contributed by atoms with Crippen LogP contribution in [-0.2, 0) is 0 Å². The standard InChI is InChI=1S/C11H15N3O2S/c1-16-11-8(4-2-7-14-11)10(15)13-6-3-5-9(12)17/h2,4,7H,3,5-6H2,1H3,(H2,12,17)(H,13,15). The number of rotatable bonds is 6. The van der Waals surface area contributed by atoms with Gasteiger partial charge in [-0.15, -0.1) is 0 Å². The molecule has 0 spiro atoms. The lowest BCUT2D eigenvalue weighted by atomic mass is 10.2. The molecular weight excluding hydrogens is 238 g/mol. The van der Waals surface area contributed by atoms with Crippen LogP contribution < -0.4 is 15.8 Å². The Morgan fingerprint density at radius 1 is 1.65 bits per heavy atom. The molecule has 5 nitrogen and oxygen atoms in total. The van der Waals surface area contributed by atoms with E-state index in [1.807, 2.05) is 0 Å². The maximum Gasteiger partial charge on any atom is 0.256 e. The zero-order chi connectivity index (χ0) is 12.7. The van der Waals surface area contributed by atoms with E-state index in [2.05, 4.69) is 10.3 Å². The molecule has 0 atom stereocenters. The fourth-order valence-corrected chi connectivity index (χ4v) is 1.43. The van der Waals surface area contributed by atoms with Gasteiger partial charge in [0.2, 0.25) is 5.88 Å². The van der Waals surface area contributed by atoms with E-state index in [1.54, 1.807) is 18.3 Å². The van der Waals surface area contributed by atoms with E-state index in [9.17, 15) is 4.79 Å². The Balaban J connectivity index is 2.49. The zero-order valence-electron chi connectivity index (χ0n) is 9.60. The summed E-state index contributed by atoms with van der Waals surface area (Å²) in [5.74, 6) is 0.109. The molecule has 0 radical (unpaired) electrons. The topological polar surface area (TPSA) is 77.2 Å². The van der Waals surface area contributed by atoms with Gasteiger partial charge in [0.25, 0.3) is 5.91 Å². The van der Waals surface area contributed by atoms with Crippen molar-refractivity contribution < 1.29 is 9.53 Å². The minimum absolute atomic E-state index is 0.210. The van der Waals surface area contributed by atoms with Gasteiger partial charge < -0.3 is 15.8 Å². The number of nitrogens with one attached hydrogen (secondary N) is 1. The van der Waals surface area contributed by atoms with Gasteiger partial charge in [-0.05, 0) is 25.0 Å². The van der Waals surface area contributed by atoms with Crippen molar-refractivity contribution in [2.45, 2.75) is 12.8 Å². The van der Waals surface area contributed by atoms with E-state index in [-0.39, 0.29) is 5.91 Å². The third-order valence-corrected chi connectivity index (χ3v) is 2.30. The molecule has 0 fully saturated rings. The SMILES string of the molecule is COc1ncccc1C(=O)NCCCC(N)=S. The summed E-state index contributed by atoms with van der Waals surface area (Å²) in [6.07, 6.45) is 2.92. The van der Waals surface area contributed by atoms with Crippen molar-refractivity contribution in [2.24, 2.45) is 5.73 Å². The van der Waals surface area contributed by atoms with Crippen LogP contribution in [0.15, 0.2) is 18.3 Å². The van der Waals surface area contributed by atoms with Gasteiger partial charge in [0.15, 0.2) is 0 Å². The highest BCUT2D eigenvalue weighted by molar-refractivity contribution is 7.80. The van der Waals surface area contributed by atoms with Crippen molar-refractivity contribution in [1.29, 1.82) is 0 Å². The second-order valence-electron chi connectivity index (χ2n) is 3.39. The lowest BCUT2D eigenvalue weighted by molar-refractivity contribution is 0.0949. The number of carbonyl (C=O) groups is 1. The van der Waals surface area contributed by atoms with Crippen LogP contribution in [0.2, 0.25) is 0 Å². The normalized spacial score (nSPS) is 9.71. The third kappa shape index (κ3) is 4.36. The monoisotopic (exact) mass is 253 g/mol. The van der Waals surface area contributed by atoms with Gasteiger partial charge in [0.05, 0.1) is 12.1 Å². The van der Waals surface area contributed by atoms with Crippen LogP contribution in [0.1, 0.15) is 23.2 Å². The van der Waals surface area contributed by atoms with Crippen molar-refractivity contribution in [2.75, 3.05) is 13.7 Å². The predicted molar refractivity (Wildman–Crippen MR) is 69.1 cm³/mol. The third-order valence-electron chi connectivity index (χ3n) is 2.09. The first kappa shape index (κ1) is 13.4. The Morgan fingerprint density at radius 3 is 3.06 bits per heavy atom. The summed E-state index contributed by atoms with van der Waals surface area (Å²) in [4.78, 5) is 16.2. The number of amides is 1. The van der Waals surface area contributed by atoms with Crippen LogP contribution in [0.3, 0.4) is 0 Å². The van der Waals surface area contributed by atoms with Gasteiger partial charge in [-0.3, -0.25) is 4.79 Å². The van der Waals surface area contributed by atoms with Gasteiger partial charge in [-0.2, -0.15) is 0 Å². The summed E-state index contributed by atoms with van der Waals surface area (Å²) in [6, 6.07) is 3.35. The Hall–Kier alpha value is -1.69. The van der Waals surface area contributed by atoms with E-state index < -0.39 is 0 Å². The number of nitrogens with zero attached hydrogens (tertiary/aromatic N) is 1. The number of methoxy groups -OCH3 is 1. The fourth-order valence-electron chi connectivity index (χ4n) is 1.29. The molecule has 1 rings (SSSR count). The van der Waals surface area contributed by atoms with Gasteiger partial charge in [0, 0.05) is 12.7 Å². The molecule has 0 aliphatic rings. The van der Waals surface area contributed by atoms with Gasteiger partial charge in [0.1, 0.15) is 5.56 Å². The second-order valence-corrected chi connectivity index (χ2v) is 3.91. The maximum absolute atomic E-state index is 11.8. The maximum atomic E-state index is 11.8. The van der Waals surface area contributed by atoms with Crippen molar-refractivity contribution >= 4 is 23.1 Å². The van der Waals surface area contributed by atoms with Crippen LogP contribution in [0.5, 0.6) is 5.88 Å². The molecule has 0 unspecified atom stereocenters. The summed E-state index contributed by atoms with van der Waals surface area (Å²) in [5.41, 5.74) is 5.78. The molecule has 0 bridgehead atoms. The highest BCUT2D eigenvalue weighted by Crippen LogP contribution is 2.12. The quantitative estimate of drug-likeness (QED) is 0.581. The average molecular weight is 253 g/mol. The number of aromatic nitrogens is 1. The molecule has 3 N–H and O–H groups in total. The van der Waals surface area contributed by atoms with Crippen molar-refractivity contribution in [3.8, 4) is 5.88 Å². The van der Waals surface area contributed by atoms with E-state index in [4.69, 9.17) is 22.7 Å². The highest BCUT2D eigenvalue weighted by atomic mass is 32.1. The molecule has 6 heteroatoms. The van der Waals surface area contributed by atoms with E-state index in [0.717, 1.165) is 6.42 Å². The van der Waals surface area contributed by atoms with Gasteiger partial charge >= 0.3 is 0 Å².